The van der Waals surface area contributed by atoms with Gasteiger partial charge >= 0.3 is 0 Å². The highest BCUT2D eigenvalue weighted by atomic mass is 16.4. The van der Waals surface area contributed by atoms with Crippen LogP contribution in [0.5, 0.6) is 0 Å². The summed E-state index contributed by atoms with van der Waals surface area (Å²) in [6.45, 7) is 0. The Morgan fingerprint density at radius 2 is 1.46 bits per heavy atom. The number of aromatic carboxylic acids is 1. The van der Waals surface area contributed by atoms with Crippen molar-refractivity contribution in [1.82, 2.24) is 4.57 Å². The van der Waals surface area contributed by atoms with Crippen LogP contribution in [0.2, 0.25) is 0 Å². The number of nitrogens with zero attached hydrogens (tertiary/aromatic N) is 1. The largest absolute Gasteiger partial charge is 0.545 e. The number of hydrogen-bond donors (Lipinski definition) is 0. The predicted octanol–water partition coefficient (Wildman–Crippen LogP) is 2.30. The quantitative estimate of drug-likeness (QED) is 0.540. The summed E-state index contributed by atoms with van der Waals surface area (Å²) in [5.74, 6) is -1.82. The van der Waals surface area contributed by atoms with Crippen LogP contribution in [0.4, 0.5) is 0 Å². The van der Waals surface area contributed by atoms with Gasteiger partial charge < -0.3 is 14.5 Å². The van der Waals surface area contributed by atoms with Crippen molar-refractivity contribution < 1.29 is 19.5 Å². The first kappa shape index (κ1) is 15.8. The molecule has 3 aromatic rings. The highest BCUT2D eigenvalue weighted by Crippen LogP contribution is 2.28. The number of benzene rings is 2. The maximum absolute atomic E-state index is 12.5. The summed E-state index contributed by atoms with van der Waals surface area (Å²) in [5.41, 5.74) is 2.40. The number of Topliss-reactive ketones (excluding diaryl/α,β-unsaturated/α-hetero) is 2. The van der Waals surface area contributed by atoms with Gasteiger partial charge in [-0.3, -0.25) is 9.59 Å². The van der Waals surface area contributed by atoms with E-state index in [0.29, 0.717) is 22.5 Å². The summed E-state index contributed by atoms with van der Waals surface area (Å²) in [5, 5.41) is 10.9. The van der Waals surface area contributed by atoms with Crippen LogP contribution in [0, 0.1) is 0 Å². The van der Waals surface area contributed by atoms with Crippen LogP contribution < -0.4 is 5.11 Å². The Hall–Kier alpha value is -3.73. The van der Waals surface area contributed by atoms with Crippen LogP contribution >= 0.6 is 0 Å². The molecule has 0 spiro atoms. The fourth-order valence-corrected chi connectivity index (χ4v) is 3.06. The molecular weight excluding hydrogens is 330 g/mol. The topological polar surface area (TPSA) is 79.2 Å². The molecule has 1 aliphatic rings. The lowest BCUT2D eigenvalue weighted by Gasteiger charge is -2.09. The van der Waals surface area contributed by atoms with Gasteiger partial charge in [-0.2, -0.15) is 0 Å². The average Bonchev–Trinajstić information content (AvgIpc) is 3.21. The fraction of sp³-hybridized carbons (Fsp3) is 0. The van der Waals surface area contributed by atoms with E-state index in [1.54, 1.807) is 65.4 Å². The zero-order valence-corrected chi connectivity index (χ0v) is 13.5. The molecule has 0 amide bonds. The molecule has 2 aromatic carbocycles. The second-order valence-electron chi connectivity index (χ2n) is 5.90. The van der Waals surface area contributed by atoms with E-state index < -0.39 is 5.97 Å². The van der Waals surface area contributed by atoms with Crippen LogP contribution in [0.25, 0.3) is 11.8 Å². The molecule has 26 heavy (non-hydrogen) atoms. The Bertz CT molecular complexity index is 1050. The summed E-state index contributed by atoms with van der Waals surface area (Å²) in [4.78, 5) is 35.9. The normalized spacial score (nSPS) is 13.0. The molecule has 0 aliphatic heterocycles. The van der Waals surface area contributed by atoms with Crippen molar-refractivity contribution in [3.05, 3.63) is 94.8 Å². The Kier molecular flexibility index (Phi) is 3.62. The average molecular weight is 342 g/mol. The van der Waals surface area contributed by atoms with Crippen LogP contribution in [-0.2, 0) is 0 Å². The van der Waals surface area contributed by atoms with Crippen LogP contribution in [0.15, 0.2) is 72.4 Å². The number of fused-ring (bicyclic) bond motifs is 1. The first-order valence-corrected chi connectivity index (χ1v) is 7.95. The standard InChI is InChI=1S/C21H13NO4/c23-19-16-5-1-2-6-17(16)20(24)18(19)12-15-4-3-11-22(15)14-9-7-13(8-10-14)21(25)26/h1-12H,(H,25,26)/p-1. The van der Waals surface area contributed by atoms with Crippen molar-refractivity contribution in [3.63, 3.8) is 0 Å². The molecule has 5 heteroatoms. The zero-order valence-electron chi connectivity index (χ0n) is 13.5. The van der Waals surface area contributed by atoms with Gasteiger partial charge in [0.2, 0.25) is 0 Å². The van der Waals surface area contributed by atoms with Crippen molar-refractivity contribution in [2.75, 3.05) is 0 Å². The number of carbonyl (C=O) groups is 3. The predicted molar refractivity (Wildman–Crippen MR) is 93.2 cm³/mol. The van der Waals surface area contributed by atoms with Crippen molar-refractivity contribution in [1.29, 1.82) is 0 Å². The molecule has 126 valence electrons. The molecule has 0 bridgehead atoms. The Morgan fingerprint density at radius 3 is 2.04 bits per heavy atom. The van der Waals surface area contributed by atoms with E-state index in [1.165, 1.54) is 12.1 Å². The van der Waals surface area contributed by atoms with Gasteiger partial charge in [0.05, 0.1) is 11.5 Å². The van der Waals surface area contributed by atoms with Crippen LogP contribution in [0.1, 0.15) is 36.8 Å². The molecule has 1 aromatic heterocycles. The Labute approximate surface area is 148 Å². The lowest BCUT2D eigenvalue weighted by molar-refractivity contribution is -0.255. The molecule has 1 aliphatic carbocycles. The molecule has 0 saturated carbocycles. The minimum absolute atomic E-state index is 0.0809. The molecule has 4 rings (SSSR count). The maximum Gasteiger partial charge on any atom is 0.197 e. The zero-order chi connectivity index (χ0) is 18.3. The number of aromatic nitrogens is 1. The van der Waals surface area contributed by atoms with Gasteiger partial charge in [-0.25, -0.2) is 0 Å². The lowest BCUT2D eigenvalue weighted by Crippen LogP contribution is -2.22. The van der Waals surface area contributed by atoms with E-state index >= 15 is 0 Å². The number of allylic oxidation sites excluding steroid dienone is 1. The Balaban J connectivity index is 1.74. The number of rotatable bonds is 3. The summed E-state index contributed by atoms with van der Waals surface area (Å²) < 4.78 is 1.77. The molecule has 1 heterocycles. The minimum Gasteiger partial charge on any atom is -0.545 e. The minimum atomic E-state index is -1.24. The van der Waals surface area contributed by atoms with Gasteiger partial charge in [0.15, 0.2) is 11.6 Å². The molecule has 5 nitrogen and oxygen atoms in total. The summed E-state index contributed by atoms with van der Waals surface area (Å²) in [6.07, 6.45) is 3.34. The van der Waals surface area contributed by atoms with Gasteiger partial charge in [-0.1, -0.05) is 36.4 Å². The third kappa shape index (κ3) is 2.46. The van der Waals surface area contributed by atoms with Crippen molar-refractivity contribution in [2.24, 2.45) is 0 Å². The van der Waals surface area contributed by atoms with E-state index in [1.807, 2.05) is 0 Å². The second kappa shape index (κ2) is 5.97. The molecule has 0 radical (unpaired) electrons. The van der Waals surface area contributed by atoms with E-state index in [0.717, 1.165) is 0 Å². The number of carboxylic acid groups (broad SMARTS) is 1. The molecular formula is C21H12NO4-. The third-order valence-electron chi connectivity index (χ3n) is 4.36. The first-order chi connectivity index (χ1) is 12.6. The van der Waals surface area contributed by atoms with Gasteiger partial charge in [-0.05, 0) is 35.9 Å². The molecule has 0 saturated heterocycles. The summed E-state index contributed by atoms with van der Waals surface area (Å²) >= 11 is 0. The van der Waals surface area contributed by atoms with Gasteiger partial charge in [0.1, 0.15) is 0 Å². The van der Waals surface area contributed by atoms with Gasteiger partial charge in [0.25, 0.3) is 0 Å². The van der Waals surface area contributed by atoms with Crippen molar-refractivity contribution >= 4 is 23.6 Å². The third-order valence-corrected chi connectivity index (χ3v) is 4.36. The van der Waals surface area contributed by atoms with Crippen molar-refractivity contribution in [3.8, 4) is 5.69 Å². The van der Waals surface area contributed by atoms with Crippen LogP contribution in [0.3, 0.4) is 0 Å². The van der Waals surface area contributed by atoms with E-state index in [-0.39, 0.29) is 22.7 Å². The smallest absolute Gasteiger partial charge is 0.197 e. The van der Waals surface area contributed by atoms with Gasteiger partial charge in [0, 0.05) is 28.7 Å². The molecule has 0 N–H and O–H groups in total. The van der Waals surface area contributed by atoms with Gasteiger partial charge in [-0.15, -0.1) is 0 Å². The SMILES string of the molecule is O=C([O-])c1ccc(-n2cccc2C=C2C(=O)c3ccccc3C2=O)cc1. The maximum atomic E-state index is 12.5. The van der Waals surface area contributed by atoms with Crippen LogP contribution in [-0.4, -0.2) is 22.1 Å². The fourth-order valence-electron chi connectivity index (χ4n) is 3.06. The highest BCUT2D eigenvalue weighted by molar-refractivity contribution is 6.41. The first-order valence-electron chi connectivity index (χ1n) is 7.95. The monoisotopic (exact) mass is 342 g/mol. The second-order valence-corrected chi connectivity index (χ2v) is 5.90. The number of carboxylic acids is 1. The molecule has 0 fully saturated rings. The highest BCUT2D eigenvalue weighted by Gasteiger charge is 2.32. The lowest BCUT2D eigenvalue weighted by atomic mass is 10.1. The van der Waals surface area contributed by atoms with E-state index in [9.17, 15) is 19.5 Å². The number of hydrogen-bond acceptors (Lipinski definition) is 4. The summed E-state index contributed by atoms with van der Waals surface area (Å²) in [7, 11) is 0. The Morgan fingerprint density at radius 1 is 0.846 bits per heavy atom. The number of carbonyl (C=O) groups excluding carboxylic acids is 3. The molecule has 0 unspecified atom stereocenters. The van der Waals surface area contributed by atoms with Crippen molar-refractivity contribution in [2.45, 2.75) is 0 Å². The van der Waals surface area contributed by atoms with E-state index in [4.69, 9.17) is 0 Å². The van der Waals surface area contributed by atoms with E-state index in [2.05, 4.69) is 0 Å². The molecule has 0 atom stereocenters. The number of ketones is 2. The summed E-state index contributed by atoms with van der Waals surface area (Å²) in [6, 6.07) is 16.5.